The Hall–Kier alpha value is -7.76. The molecule has 5 heterocycles. The number of ether oxygens (including phenoxy) is 1. The largest absolute Gasteiger partial charge is 0.494 e. The summed E-state index contributed by atoms with van der Waals surface area (Å²) in [7, 11) is 1.92. The predicted molar refractivity (Wildman–Crippen MR) is 253 cm³/mol. The van der Waals surface area contributed by atoms with Gasteiger partial charge in [-0.25, -0.2) is 0 Å². The van der Waals surface area contributed by atoms with E-state index in [9.17, 15) is 24.0 Å². The van der Waals surface area contributed by atoms with Crippen molar-refractivity contribution in [3.63, 3.8) is 0 Å². The summed E-state index contributed by atoms with van der Waals surface area (Å²) in [5.74, 6) is 0.903. The standard InChI is InChI=1S/C50H56N12O6/c1-60-44(57-58-47(60)35-22-24-51-25-23-35)31-52-37-15-10-13-36(29-37)48(65)53-30-34-12-9-16-39(28-34)68-27-8-4-2-3-7-26-61-32-38(56-59-61)14-5-6-19-45(63)54-42-18-11-17-40-41(42)33-62(50(40)67)43-20-21-46(64)55-49(43)66/h9-13,15-18,22-25,28-29,32,43,52H,2-8,14,19-21,26-27,30-31,33H2,1H3,(H,53,65)(H,54,63)(H,55,64,66). The molecule has 3 aromatic heterocycles. The van der Waals surface area contributed by atoms with Crippen LogP contribution in [0.25, 0.3) is 11.4 Å². The highest BCUT2D eigenvalue weighted by atomic mass is 16.5. The summed E-state index contributed by atoms with van der Waals surface area (Å²) in [4.78, 5) is 68.6. The van der Waals surface area contributed by atoms with Gasteiger partial charge in [-0.15, -0.1) is 15.3 Å². The molecule has 5 amide bonds. The van der Waals surface area contributed by atoms with Crippen LogP contribution in [0.4, 0.5) is 11.4 Å². The number of hydrogen-bond acceptors (Lipinski definition) is 12. The van der Waals surface area contributed by atoms with Crippen LogP contribution in [0.1, 0.15) is 108 Å². The van der Waals surface area contributed by atoms with Gasteiger partial charge in [0.25, 0.3) is 11.8 Å². The Morgan fingerprint density at radius 1 is 0.853 bits per heavy atom. The van der Waals surface area contributed by atoms with Crippen LogP contribution < -0.4 is 26.0 Å². The maximum Gasteiger partial charge on any atom is 0.255 e. The predicted octanol–water partition coefficient (Wildman–Crippen LogP) is 6.15. The van der Waals surface area contributed by atoms with Gasteiger partial charge in [-0.2, -0.15) is 0 Å². The average molecular weight is 921 g/mol. The maximum atomic E-state index is 13.1. The highest BCUT2D eigenvalue weighted by Crippen LogP contribution is 2.32. The van der Waals surface area contributed by atoms with Crippen LogP contribution in [0.5, 0.6) is 5.75 Å². The first-order chi connectivity index (χ1) is 33.2. The number of rotatable bonds is 23. The van der Waals surface area contributed by atoms with Gasteiger partial charge in [0.05, 0.1) is 18.8 Å². The van der Waals surface area contributed by atoms with Gasteiger partial charge in [0.15, 0.2) is 11.6 Å². The molecule has 2 aliphatic heterocycles. The number of anilines is 2. The first-order valence-electron chi connectivity index (χ1n) is 23.3. The van der Waals surface area contributed by atoms with Crippen LogP contribution in [-0.4, -0.2) is 81.8 Å². The Morgan fingerprint density at radius 3 is 2.54 bits per heavy atom. The van der Waals surface area contributed by atoms with E-state index in [1.165, 1.54) is 4.90 Å². The summed E-state index contributed by atoms with van der Waals surface area (Å²) in [5.41, 5.74) is 5.85. The van der Waals surface area contributed by atoms with Crippen molar-refractivity contribution in [3.8, 4) is 17.1 Å². The lowest BCUT2D eigenvalue weighted by Gasteiger charge is -2.29. The van der Waals surface area contributed by atoms with Crippen LogP contribution in [-0.2, 0) is 54.0 Å². The van der Waals surface area contributed by atoms with Crippen molar-refractivity contribution >= 4 is 40.9 Å². The van der Waals surface area contributed by atoms with Crippen LogP contribution in [0.15, 0.2) is 97.5 Å². The van der Waals surface area contributed by atoms with Crippen molar-refractivity contribution in [1.29, 1.82) is 0 Å². The number of fused-ring (bicyclic) bond motifs is 1. The lowest BCUT2D eigenvalue weighted by Crippen LogP contribution is -2.52. The van der Waals surface area contributed by atoms with Gasteiger partial charge in [0.1, 0.15) is 11.8 Å². The molecule has 18 nitrogen and oxygen atoms in total. The number of amides is 5. The van der Waals surface area contributed by atoms with Gasteiger partial charge in [-0.1, -0.05) is 48.7 Å². The zero-order chi connectivity index (χ0) is 47.2. The Morgan fingerprint density at radius 2 is 1.68 bits per heavy atom. The number of piperidine rings is 1. The molecule has 1 saturated heterocycles. The second kappa shape index (κ2) is 22.6. The minimum Gasteiger partial charge on any atom is -0.494 e. The van der Waals surface area contributed by atoms with Crippen LogP contribution in [0.2, 0.25) is 0 Å². The third kappa shape index (κ3) is 12.2. The quantitative estimate of drug-likeness (QED) is 0.0420. The molecule has 0 radical (unpaired) electrons. The molecule has 0 aliphatic carbocycles. The molecule has 1 unspecified atom stereocenters. The van der Waals surface area contributed by atoms with E-state index in [1.54, 1.807) is 36.7 Å². The third-order valence-electron chi connectivity index (χ3n) is 12.2. The minimum absolute atomic E-state index is 0.145. The minimum atomic E-state index is -0.710. The fraction of sp³-hybridized carbons (Fsp3) is 0.360. The van der Waals surface area contributed by atoms with E-state index >= 15 is 0 Å². The average Bonchev–Trinajstić information content (AvgIpc) is 4.07. The zero-order valence-corrected chi connectivity index (χ0v) is 38.2. The van der Waals surface area contributed by atoms with Crippen molar-refractivity contribution in [1.82, 2.24) is 50.3 Å². The summed E-state index contributed by atoms with van der Waals surface area (Å²) in [6, 6.07) is 23.5. The van der Waals surface area contributed by atoms with E-state index in [4.69, 9.17) is 4.74 Å². The number of nitrogens with zero attached hydrogens (tertiary/aromatic N) is 8. The smallest absolute Gasteiger partial charge is 0.255 e. The Balaban J connectivity index is 0.664. The van der Waals surface area contributed by atoms with Crippen LogP contribution in [0.3, 0.4) is 0 Å². The van der Waals surface area contributed by atoms with E-state index in [2.05, 4.69) is 46.8 Å². The maximum absolute atomic E-state index is 13.1. The van der Waals surface area contributed by atoms with Crippen molar-refractivity contribution in [2.75, 3.05) is 17.2 Å². The van der Waals surface area contributed by atoms with Crippen LogP contribution >= 0.6 is 0 Å². The van der Waals surface area contributed by atoms with E-state index in [-0.39, 0.29) is 43.0 Å². The van der Waals surface area contributed by atoms with Crippen molar-refractivity contribution in [3.05, 3.63) is 131 Å². The van der Waals surface area contributed by atoms with Gasteiger partial charge in [-0.05, 0) is 98.7 Å². The molecular formula is C50H56N12O6. The molecule has 6 aromatic rings. The number of aromatic nitrogens is 7. The normalized spacial score (nSPS) is 14.4. The molecule has 3 aromatic carbocycles. The highest BCUT2D eigenvalue weighted by Gasteiger charge is 2.40. The summed E-state index contributed by atoms with van der Waals surface area (Å²) < 4.78 is 9.86. The summed E-state index contributed by atoms with van der Waals surface area (Å²) in [6.45, 7) is 2.42. The number of benzene rings is 3. The molecule has 0 spiro atoms. The number of unbranched alkanes of at least 4 members (excludes halogenated alkanes) is 5. The lowest BCUT2D eigenvalue weighted by molar-refractivity contribution is -0.137. The lowest BCUT2D eigenvalue weighted by atomic mass is 10.0. The Labute approximate surface area is 394 Å². The Kier molecular flexibility index (Phi) is 15.6. The second-order valence-corrected chi connectivity index (χ2v) is 17.1. The van der Waals surface area contributed by atoms with Crippen LogP contribution in [0, 0.1) is 0 Å². The third-order valence-corrected chi connectivity index (χ3v) is 12.2. The molecule has 68 heavy (non-hydrogen) atoms. The monoisotopic (exact) mass is 920 g/mol. The molecule has 2 aliphatic rings. The van der Waals surface area contributed by atoms with E-state index < -0.39 is 11.9 Å². The first-order valence-corrected chi connectivity index (χ1v) is 23.3. The molecule has 4 N–H and O–H groups in total. The van der Waals surface area contributed by atoms with Gasteiger partial charge >= 0.3 is 0 Å². The molecule has 352 valence electrons. The number of imide groups is 1. The molecule has 8 rings (SSSR count). The van der Waals surface area contributed by atoms with Gasteiger partial charge < -0.3 is 30.2 Å². The zero-order valence-electron chi connectivity index (χ0n) is 38.2. The molecule has 1 atom stereocenters. The van der Waals surface area contributed by atoms with Crippen molar-refractivity contribution in [2.45, 2.75) is 103 Å². The van der Waals surface area contributed by atoms with E-state index in [0.29, 0.717) is 54.9 Å². The van der Waals surface area contributed by atoms with E-state index in [0.717, 1.165) is 91.4 Å². The molecule has 18 heteroatoms. The fourth-order valence-corrected chi connectivity index (χ4v) is 8.41. The number of nitrogens with one attached hydrogen (secondary N) is 4. The summed E-state index contributed by atoms with van der Waals surface area (Å²) in [6.07, 6.45) is 13.5. The van der Waals surface area contributed by atoms with Gasteiger partial charge in [0, 0.05) is 91.7 Å². The number of pyridine rings is 1. The van der Waals surface area contributed by atoms with Gasteiger partial charge in [-0.3, -0.25) is 39.0 Å². The fourth-order valence-electron chi connectivity index (χ4n) is 8.41. The second-order valence-electron chi connectivity index (χ2n) is 17.1. The molecule has 1 fully saturated rings. The number of carbonyl (C=O) groups excluding carboxylic acids is 5. The summed E-state index contributed by atoms with van der Waals surface area (Å²) in [5, 5.41) is 28.9. The summed E-state index contributed by atoms with van der Waals surface area (Å²) >= 11 is 0. The van der Waals surface area contributed by atoms with Crippen molar-refractivity contribution < 1.29 is 28.7 Å². The first kappa shape index (κ1) is 46.8. The molecule has 0 bridgehead atoms. The topological polar surface area (TPSA) is 220 Å². The number of carbonyl (C=O) groups is 5. The highest BCUT2D eigenvalue weighted by molar-refractivity contribution is 6.06. The van der Waals surface area contributed by atoms with Crippen molar-refractivity contribution in [2.24, 2.45) is 7.05 Å². The SMILES string of the molecule is Cn1c(CNc2cccc(C(=O)NCc3cccc(OCCCCCCCn4cc(CCCCC(=O)Nc5cccc6c5CN(C5CCC(=O)NC5=O)C6=O)nn4)c3)c2)nnc1-c1ccncc1. The number of aryl methyl sites for hydroxylation is 2. The van der Waals surface area contributed by atoms with Gasteiger partial charge in [0.2, 0.25) is 17.7 Å². The Bertz CT molecular complexity index is 2740. The molecule has 0 saturated carbocycles. The van der Waals surface area contributed by atoms with E-state index in [1.807, 2.05) is 77.1 Å². The molecular weight excluding hydrogens is 865 g/mol. The number of hydrogen-bond donors (Lipinski definition) is 4.